The first-order valence-electron chi connectivity index (χ1n) is 6.04. The highest BCUT2D eigenvalue weighted by atomic mass is 79.9. The first-order valence-corrected chi connectivity index (χ1v) is 6.84. The fourth-order valence-corrected chi connectivity index (χ4v) is 2.57. The number of halogens is 1. The number of ether oxygens (including phenoxy) is 1. The summed E-state index contributed by atoms with van der Waals surface area (Å²) in [5.41, 5.74) is 4.18. The van der Waals surface area contributed by atoms with Gasteiger partial charge in [0.1, 0.15) is 5.75 Å². The molecule has 0 unspecified atom stereocenters. The monoisotopic (exact) mass is 338 g/mol. The number of hydrogen-bond donors (Lipinski definition) is 2. The molecule has 106 valence electrons. The Morgan fingerprint density at radius 1 is 1.40 bits per heavy atom. The number of nitrogens with zero attached hydrogens (tertiary/aromatic N) is 1. The molecule has 0 aliphatic rings. The van der Waals surface area contributed by atoms with Gasteiger partial charge in [0.25, 0.3) is 0 Å². The van der Waals surface area contributed by atoms with E-state index in [0.717, 1.165) is 22.4 Å². The Hall–Kier alpha value is -1.82. The van der Waals surface area contributed by atoms with Crippen LogP contribution in [0.2, 0.25) is 0 Å². The summed E-state index contributed by atoms with van der Waals surface area (Å²) in [6, 6.07) is 3.76. The lowest BCUT2D eigenvalue weighted by Crippen LogP contribution is -2.02. The standard InChI is InChI=1S/C14H15BrN2O3/c1-7-8(2)11(20-3)5-4-9(7)13-10(6-12(18)19)16-14(15)17-13/h4-5H,6H2,1-3H3,(H,16,17)(H,18,19). The highest BCUT2D eigenvalue weighted by Gasteiger charge is 2.17. The Bertz CT molecular complexity index is 665. The Labute approximate surface area is 125 Å². The van der Waals surface area contributed by atoms with Crippen molar-refractivity contribution >= 4 is 21.9 Å². The van der Waals surface area contributed by atoms with Crippen LogP contribution < -0.4 is 4.74 Å². The zero-order valence-corrected chi connectivity index (χ0v) is 13.0. The van der Waals surface area contributed by atoms with Crippen LogP contribution in [0.5, 0.6) is 5.75 Å². The van der Waals surface area contributed by atoms with Gasteiger partial charge in [-0.2, -0.15) is 0 Å². The molecule has 0 spiro atoms. The van der Waals surface area contributed by atoms with Crippen molar-refractivity contribution in [3.63, 3.8) is 0 Å². The van der Waals surface area contributed by atoms with Crippen molar-refractivity contribution in [2.24, 2.45) is 0 Å². The molecule has 5 nitrogen and oxygen atoms in total. The lowest BCUT2D eigenvalue weighted by Gasteiger charge is -2.12. The number of imidazole rings is 1. The van der Waals surface area contributed by atoms with E-state index in [1.54, 1.807) is 7.11 Å². The summed E-state index contributed by atoms with van der Waals surface area (Å²) in [5, 5.41) is 8.97. The first-order chi connectivity index (χ1) is 9.43. The molecule has 20 heavy (non-hydrogen) atoms. The third kappa shape index (κ3) is 2.70. The SMILES string of the molecule is COc1ccc(-c2nc(Br)[nH]c2CC(=O)O)c(C)c1C. The van der Waals surface area contributed by atoms with Crippen LogP contribution in [-0.4, -0.2) is 28.2 Å². The van der Waals surface area contributed by atoms with Crippen molar-refractivity contribution < 1.29 is 14.6 Å². The van der Waals surface area contributed by atoms with Gasteiger partial charge in [0.05, 0.1) is 24.9 Å². The molecule has 0 radical (unpaired) electrons. The van der Waals surface area contributed by atoms with Crippen LogP contribution in [-0.2, 0) is 11.2 Å². The van der Waals surface area contributed by atoms with Crippen molar-refractivity contribution in [2.45, 2.75) is 20.3 Å². The summed E-state index contributed by atoms with van der Waals surface area (Å²) in [5.74, 6) is -0.0917. The molecule has 2 rings (SSSR count). The van der Waals surface area contributed by atoms with Crippen LogP contribution in [0.4, 0.5) is 0 Å². The number of H-pyrrole nitrogens is 1. The van der Waals surface area contributed by atoms with Gasteiger partial charge < -0.3 is 14.8 Å². The number of carboxylic acid groups (broad SMARTS) is 1. The maximum Gasteiger partial charge on any atom is 0.309 e. The summed E-state index contributed by atoms with van der Waals surface area (Å²) < 4.78 is 5.81. The molecule has 0 saturated carbocycles. The summed E-state index contributed by atoms with van der Waals surface area (Å²) in [7, 11) is 1.63. The minimum atomic E-state index is -0.898. The Kier molecular flexibility index (Phi) is 4.13. The number of carbonyl (C=O) groups is 1. The highest BCUT2D eigenvalue weighted by Crippen LogP contribution is 2.32. The Morgan fingerprint density at radius 3 is 2.70 bits per heavy atom. The molecule has 1 aromatic heterocycles. The van der Waals surface area contributed by atoms with Gasteiger partial charge in [-0.15, -0.1) is 0 Å². The van der Waals surface area contributed by atoms with Crippen LogP contribution in [0.1, 0.15) is 16.8 Å². The summed E-state index contributed by atoms with van der Waals surface area (Å²) in [6.45, 7) is 3.94. The number of carboxylic acids is 1. The van der Waals surface area contributed by atoms with Crippen LogP contribution in [0, 0.1) is 13.8 Å². The molecule has 1 aromatic carbocycles. The minimum Gasteiger partial charge on any atom is -0.496 e. The molecule has 0 aliphatic carbocycles. The molecule has 1 heterocycles. The van der Waals surface area contributed by atoms with Crippen molar-refractivity contribution in [2.75, 3.05) is 7.11 Å². The lowest BCUT2D eigenvalue weighted by molar-refractivity contribution is -0.136. The second-order valence-corrected chi connectivity index (χ2v) is 5.24. The molecular weight excluding hydrogens is 324 g/mol. The fraction of sp³-hybridized carbons (Fsp3) is 0.286. The summed E-state index contributed by atoms with van der Waals surface area (Å²) in [6.07, 6.45) is -0.0988. The van der Waals surface area contributed by atoms with E-state index in [2.05, 4.69) is 25.9 Å². The smallest absolute Gasteiger partial charge is 0.309 e. The van der Waals surface area contributed by atoms with Crippen molar-refractivity contribution in [1.29, 1.82) is 0 Å². The largest absolute Gasteiger partial charge is 0.496 e. The second-order valence-electron chi connectivity index (χ2n) is 4.49. The number of methoxy groups -OCH3 is 1. The van der Waals surface area contributed by atoms with Gasteiger partial charge in [0.2, 0.25) is 0 Å². The average Bonchev–Trinajstić information content (AvgIpc) is 2.72. The van der Waals surface area contributed by atoms with E-state index in [0.29, 0.717) is 16.1 Å². The van der Waals surface area contributed by atoms with Crippen LogP contribution in [0.25, 0.3) is 11.3 Å². The maximum atomic E-state index is 10.9. The molecule has 0 aliphatic heterocycles. The quantitative estimate of drug-likeness (QED) is 0.898. The Morgan fingerprint density at radius 2 is 2.10 bits per heavy atom. The average molecular weight is 339 g/mol. The number of rotatable bonds is 4. The van der Waals surface area contributed by atoms with Gasteiger partial charge in [-0.3, -0.25) is 4.79 Å². The van der Waals surface area contributed by atoms with Gasteiger partial charge in [-0.25, -0.2) is 4.98 Å². The molecule has 6 heteroatoms. The van der Waals surface area contributed by atoms with E-state index < -0.39 is 5.97 Å². The number of hydrogen-bond acceptors (Lipinski definition) is 3. The molecule has 0 saturated heterocycles. The molecule has 0 amide bonds. The van der Waals surface area contributed by atoms with Crippen molar-refractivity contribution in [1.82, 2.24) is 9.97 Å². The second kappa shape index (κ2) is 5.66. The minimum absolute atomic E-state index is 0.0988. The maximum absolute atomic E-state index is 10.9. The number of aliphatic carboxylic acids is 1. The lowest BCUT2D eigenvalue weighted by atomic mass is 9.98. The van der Waals surface area contributed by atoms with Gasteiger partial charge in [-0.1, -0.05) is 0 Å². The predicted molar refractivity (Wildman–Crippen MR) is 79.1 cm³/mol. The number of benzene rings is 1. The predicted octanol–water partition coefficient (Wildman–Crippen LogP) is 3.09. The van der Waals surface area contributed by atoms with E-state index in [1.165, 1.54) is 0 Å². The number of aromatic amines is 1. The van der Waals surface area contributed by atoms with Crippen molar-refractivity contribution in [3.05, 3.63) is 33.7 Å². The normalized spacial score (nSPS) is 10.6. The zero-order chi connectivity index (χ0) is 14.9. The fourth-order valence-electron chi connectivity index (χ4n) is 2.15. The van der Waals surface area contributed by atoms with E-state index in [-0.39, 0.29) is 6.42 Å². The van der Waals surface area contributed by atoms with E-state index in [1.807, 2.05) is 26.0 Å². The highest BCUT2D eigenvalue weighted by molar-refractivity contribution is 9.10. The van der Waals surface area contributed by atoms with Gasteiger partial charge >= 0.3 is 5.97 Å². The van der Waals surface area contributed by atoms with E-state index in [4.69, 9.17) is 9.84 Å². The number of aromatic nitrogens is 2. The zero-order valence-electron chi connectivity index (χ0n) is 11.5. The van der Waals surface area contributed by atoms with Crippen molar-refractivity contribution in [3.8, 4) is 17.0 Å². The molecule has 2 aromatic rings. The van der Waals surface area contributed by atoms with Gasteiger partial charge in [0.15, 0.2) is 4.73 Å². The molecule has 0 bridgehead atoms. The van der Waals surface area contributed by atoms with Crippen LogP contribution in [0.3, 0.4) is 0 Å². The van der Waals surface area contributed by atoms with Gasteiger partial charge in [-0.05, 0) is 53.0 Å². The summed E-state index contributed by atoms with van der Waals surface area (Å²) >= 11 is 3.26. The summed E-state index contributed by atoms with van der Waals surface area (Å²) in [4.78, 5) is 18.2. The van der Waals surface area contributed by atoms with E-state index >= 15 is 0 Å². The molecular formula is C14H15BrN2O3. The topological polar surface area (TPSA) is 75.2 Å². The van der Waals surface area contributed by atoms with Gasteiger partial charge in [0, 0.05) is 5.56 Å². The van der Waals surface area contributed by atoms with Crippen LogP contribution in [0.15, 0.2) is 16.9 Å². The van der Waals surface area contributed by atoms with E-state index in [9.17, 15) is 4.79 Å². The number of nitrogens with one attached hydrogen (secondary N) is 1. The third-order valence-electron chi connectivity index (χ3n) is 3.29. The Balaban J connectivity index is 2.57. The molecule has 0 fully saturated rings. The molecule has 2 N–H and O–H groups in total. The molecule has 0 atom stereocenters. The first kappa shape index (κ1) is 14.6. The van der Waals surface area contributed by atoms with Crippen LogP contribution >= 0.6 is 15.9 Å². The third-order valence-corrected chi connectivity index (χ3v) is 3.67.